The molecule has 0 spiro atoms. The van der Waals surface area contributed by atoms with Gasteiger partial charge in [0, 0.05) is 4.47 Å². The van der Waals surface area contributed by atoms with Crippen molar-refractivity contribution < 1.29 is 13.9 Å². The topological polar surface area (TPSA) is 51.2 Å². The van der Waals surface area contributed by atoms with Gasteiger partial charge in [0.1, 0.15) is 10.7 Å². The van der Waals surface area contributed by atoms with Crippen LogP contribution in [0.25, 0.3) is 0 Å². The fraction of sp³-hybridized carbons (Fsp3) is 0.0909. The summed E-state index contributed by atoms with van der Waals surface area (Å²) in [4.78, 5) is 15.6. The Kier molecular flexibility index (Phi) is 3.93. The number of thiazole rings is 1. The highest BCUT2D eigenvalue weighted by Crippen LogP contribution is 2.30. The van der Waals surface area contributed by atoms with E-state index >= 15 is 0 Å². The highest BCUT2D eigenvalue weighted by atomic mass is 79.9. The zero-order valence-corrected chi connectivity index (χ0v) is 11.6. The third-order valence-electron chi connectivity index (χ3n) is 2.09. The number of carbonyl (C=O) groups excluding carboxylic acids is 1. The van der Waals surface area contributed by atoms with Gasteiger partial charge in [-0.05, 0) is 28.1 Å². The second-order valence-corrected chi connectivity index (χ2v) is 5.13. The molecule has 0 aliphatic heterocycles. The van der Waals surface area contributed by atoms with Crippen LogP contribution >= 0.6 is 27.3 Å². The molecule has 0 bridgehead atoms. The highest BCUT2D eigenvalue weighted by molar-refractivity contribution is 9.10. The number of benzene rings is 1. The number of esters is 1. The van der Waals surface area contributed by atoms with Crippen molar-refractivity contribution in [2.75, 3.05) is 12.4 Å². The van der Waals surface area contributed by atoms with Crippen LogP contribution in [0.4, 0.5) is 15.2 Å². The van der Waals surface area contributed by atoms with E-state index in [1.165, 1.54) is 19.4 Å². The minimum atomic E-state index is -0.465. The number of hydrogen-bond acceptors (Lipinski definition) is 5. The van der Waals surface area contributed by atoms with Crippen LogP contribution in [0.2, 0.25) is 0 Å². The van der Waals surface area contributed by atoms with Gasteiger partial charge in [0.25, 0.3) is 0 Å². The van der Waals surface area contributed by atoms with E-state index in [4.69, 9.17) is 0 Å². The molecule has 0 radical (unpaired) electrons. The van der Waals surface area contributed by atoms with Gasteiger partial charge < -0.3 is 10.1 Å². The molecule has 0 atom stereocenters. The van der Waals surface area contributed by atoms with Gasteiger partial charge in [-0.3, -0.25) is 0 Å². The molecule has 0 unspecified atom stereocenters. The predicted octanol–water partition coefficient (Wildman–Crippen LogP) is 3.57. The van der Waals surface area contributed by atoms with E-state index in [2.05, 4.69) is 31.0 Å². The lowest BCUT2D eigenvalue weighted by molar-refractivity contribution is 0.0606. The summed E-state index contributed by atoms with van der Waals surface area (Å²) < 4.78 is 18.7. The lowest BCUT2D eigenvalue weighted by atomic mass is 10.3. The van der Waals surface area contributed by atoms with Crippen molar-refractivity contribution in [1.82, 2.24) is 4.98 Å². The van der Waals surface area contributed by atoms with Crippen molar-refractivity contribution in [2.45, 2.75) is 0 Å². The van der Waals surface area contributed by atoms with Crippen molar-refractivity contribution in [3.63, 3.8) is 0 Å². The summed E-state index contributed by atoms with van der Waals surface area (Å²) in [6.07, 6.45) is 1.38. The number of para-hydroxylation sites is 1. The Morgan fingerprint density at radius 3 is 3.00 bits per heavy atom. The zero-order chi connectivity index (χ0) is 13.1. The van der Waals surface area contributed by atoms with Crippen LogP contribution in [-0.2, 0) is 4.74 Å². The van der Waals surface area contributed by atoms with Crippen LogP contribution < -0.4 is 5.32 Å². The third kappa shape index (κ3) is 2.68. The molecule has 0 aliphatic rings. The molecule has 2 rings (SSSR count). The monoisotopic (exact) mass is 330 g/mol. The van der Waals surface area contributed by atoms with Crippen molar-refractivity contribution in [2.24, 2.45) is 0 Å². The minimum absolute atomic E-state index is 0.281. The van der Waals surface area contributed by atoms with E-state index in [0.29, 0.717) is 14.5 Å². The molecule has 94 valence electrons. The first-order valence-electron chi connectivity index (χ1n) is 4.87. The first kappa shape index (κ1) is 13.0. The third-order valence-corrected chi connectivity index (χ3v) is 3.64. The summed E-state index contributed by atoms with van der Waals surface area (Å²) >= 11 is 4.33. The molecule has 1 heterocycles. The van der Waals surface area contributed by atoms with Crippen LogP contribution in [0.3, 0.4) is 0 Å². The largest absolute Gasteiger partial charge is 0.465 e. The zero-order valence-electron chi connectivity index (χ0n) is 9.24. The van der Waals surface area contributed by atoms with Crippen LogP contribution in [-0.4, -0.2) is 18.1 Å². The molecule has 18 heavy (non-hydrogen) atoms. The van der Waals surface area contributed by atoms with Gasteiger partial charge in [0.05, 0.1) is 19.0 Å². The number of hydrogen-bond donors (Lipinski definition) is 1. The quantitative estimate of drug-likeness (QED) is 0.874. The molecule has 1 aromatic carbocycles. The summed E-state index contributed by atoms with van der Waals surface area (Å²) in [5.41, 5.74) is 0.281. The molecule has 4 nitrogen and oxygen atoms in total. The number of carbonyl (C=O) groups is 1. The molecule has 7 heteroatoms. The van der Waals surface area contributed by atoms with E-state index in [0.717, 1.165) is 11.3 Å². The maximum atomic E-state index is 13.6. The highest BCUT2D eigenvalue weighted by Gasteiger charge is 2.13. The van der Waals surface area contributed by atoms with E-state index in [9.17, 15) is 9.18 Å². The molecule has 0 fully saturated rings. The Bertz CT molecular complexity index is 568. The molecule has 0 amide bonds. The number of methoxy groups -OCH3 is 1. The molecule has 0 saturated heterocycles. The van der Waals surface area contributed by atoms with Gasteiger partial charge in [-0.15, -0.1) is 0 Å². The lowest BCUT2D eigenvalue weighted by Crippen LogP contribution is -1.96. The van der Waals surface area contributed by atoms with Crippen molar-refractivity contribution >= 4 is 44.1 Å². The fourth-order valence-corrected chi connectivity index (χ4v) is 2.43. The molecule has 0 saturated carbocycles. The van der Waals surface area contributed by atoms with Gasteiger partial charge in [-0.25, -0.2) is 14.2 Å². The maximum Gasteiger partial charge on any atom is 0.349 e. The van der Waals surface area contributed by atoms with E-state index in [-0.39, 0.29) is 5.69 Å². The van der Waals surface area contributed by atoms with E-state index in [1.807, 2.05) is 0 Å². The Hall–Kier alpha value is -1.47. The van der Waals surface area contributed by atoms with Crippen LogP contribution in [0, 0.1) is 5.82 Å². The average Bonchev–Trinajstić information content (AvgIpc) is 2.81. The second kappa shape index (κ2) is 5.45. The number of ether oxygens (including phenoxy) is 1. The first-order valence-corrected chi connectivity index (χ1v) is 6.48. The Morgan fingerprint density at radius 1 is 1.56 bits per heavy atom. The van der Waals surface area contributed by atoms with Crippen LogP contribution in [0.1, 0.15) is 9.67 Å². The molecule has 1 aromatic heterocycles. The van der Waals surface area contributed by atoms with Crippen molar-refractivity contribution in [1.29, 1.82) is 0 Å². The molecule has 1 N–H and O–H groups in total. The number of anilines is 2. The number of nitrogens with one attached hydrogen (secondary N) is 1. The Labute approximate surface area is 115 Å². The molecular weight excluding hydrogens is 323 g/mol. The molecule has 0 aliphatic carbocycles. The van der Waals surface area contributed by atoms with Gasteiger partial charge >= 0.3 is 5.97 Å². The molecule has 2 aromatic rings. The molecular formula is C11H8BrFN2O2S. The number of rotatable bonds is 3. The summed E-state index contributed by atoms with van der Waals surface area (Å²) in [6.45, 7) is 0. The minimum Gasteiger partial charge on any atom is -0.465 e. The van der Waals surface area contributed by atoms with Crippen LogP contribution in [0.5, 0.6) is 0 Å². The predicted molar refractivity (Wildman–Crippen MR) is 70.8 cm³/mol. The average molecular weight is 331 g/mol. The van der Waals surface area contributed by atoms with Crippen LogP contribution in [0.15, 0.2) is 28.9 Å². The summed E-state index contributed by atoms with van der Waals surface area (Å²) in [5, 5.41) is 3.24. The maximum absolute atomic E-state index is 13.6. The van der Waals surface area contributed by atoms with Gasteiger partial charge in [-0.2, -0.15) is 0 Å². The summed E-state index contributed by atoms with van der Waals surface area (Å²) in [5.74, 6) is -0.868. The Balaban J connectivity index is 2.24. The van der Waals surface area contributed by atoms with Gasteiger partial charge in [0.2, 0.25) is 0 Å². The van der Waals surface area contributed by atoms with Gasteiger partial charge in [-0.1, -0.05) is 17.4 Å². The standard InChI is InChI=1S/C11H8BrFN2O2S/c1-17-10(16)8-5-14-11(18-8)15-9-6(12)3-2-4-7(9)13/h2-5H,1H3,(H,14,15). The van der Waals surface area contributed by atoms with E-state index < -0.39 is 11.8 Å². The SMILES string of the molecule is COC(=O)c1cnc(Nc2c(F)cccc2Br)s1. The number of nitrogens with zero attached hydrogens (tertiary/aromatic N) is 1. The summed E-state index contributed by atoms with van der Waals surface area (Å²) in [7, 11) is 1.29. The van der Waals surface area contributed by atoms with Crippen molar-refractivity contribution in [3.8, 4) is 0 Å². The lowest BCUT2D eigenvalue weighted by Gasteiger charge is -2.05. The number of aromatic nitrogens is 1. The first-order chi connectivity index (χ1) is 8.61. The normalized spacial score (nSPS) is 10.2. The number of halogens is 2. The summed E-state index contributed by atoms with van der Waals surface area (Å²) in [6, 6.07) is 4.63. The Morgan fingerprint density at radius 2 is 2.33 bits per heavy atom. The smallest absolute Gasteiger partial charge is 0.349 e. The second-order valence-electron chi connectivity index (χ2n) is 3.24. The van der Waals surface area contributed by atoms with Gasteiger partial charge in [0.15, 0.2) is 5.13 Å². The van der Waals surface area contributed by atoms with Crippen molar-refractivity contribution in [3.05, 3.63) is 39.6 Å². The fourth-order valence-electron chi connectivity index (χ4n) is 1.25. The van der Waals surface area contributed by atoms with E-state index in [1.54, 1.807) is 12.1 Å².